The molecule has 152 valence electrons. The summed E-state index contributed by atoms with van der Waals surface area (Å²) in [6.45, 7) is 0.816. The van der Waals surface area contributed by atoms with Crippen LogP contribution in [0.1, 0.15) is 12.5 Å². The first kappa shape index (κ1) is 21.6. The standard InChI is InChI=1S/C18H16ClN3O7/c1-11(23)29-15-7-6-12(17(22(25)26)18(15)27-2)9-20-21-16(24)10-28-14-5-3-4-13(19)8-14/h3-9H,10H2,1-2H3,(H,21,24)/b20-9+. The molecule has 2 aromatic rings. The van der Waals surface area contributed by atoms with Crippen LogP contribution in [0.5, 0.6) is 17.2 Å². The number of carbonyl (C=O) groups is 2. The maximum Gasteiger partial charge on any atom is 0.323 e. The summed E-state index contributed by atoms with van der Waals surface area (Å²) < 4.78 is 15.2. The monoisotopic (exact) mass is 421 g/mol. The molecule has 11 heteroatoms. The van der Waals surface area contributed by atoms with E-state index < -0.39 is 22.5 Å². The summed E-state index contributed by atoms with van der Waals surface area (Å²) in [5, 5.41) is 15.6. The van der Waals surface area contributed by atoms with E-state index in [0.717, 1.165) is 13.1 Å². The molecule has 0 bridgehead atoms. The predicted molar refractivity (Wildman–Crippen MR) is 104 cm³/mol. The van der Waals surface area contributed by atoms with Gasteiger partial charge in [-0.15, -0.1) is 0 Å². The van der Waals surface area contributed by atoms with Crippen molar-refractivity contribution in [2.24, 2.45) is 5.10 Å². The van der Waals surface area contributed by atoms with Gasteiger partial charge in [-0.2, -0.15) is 5.10 Å². The molecular weight excluding hydrogens is 406 g/mol. The molecule has 0 aromatic heterocycles. The lowest BCUT2D eigenvalue weighted by atomic mass is 10.1. The van der Waals surface area contributed by atoms with Crippen LogP contribution < -0.4 is 19.6 Å². The zero-order valence-corrected chi connectivity index (χ0v) is 16.1. The summed E-state index contributed by atoms with van der Waals surface area (Å²) in [5.74, 6) is -1.20. The van der Waals surface area contributed by atoms with Gasteiger partial charge >= 0.3 is 11.7 Å². The number of nitrogens with zero attached hydrogens (tertiary/aromatic N) is 2. The van der Waals surface area contributed by atoms with E-state index in [1.54, 1.807) is 24.3 Å². The Kier molecular flexibility index (Phi) is 7.49. The van der Waals surface area contributed by atoms with Crippen LogP contribution in [0.25, 0.3) is 0 Å². The zero-order chi connectivity index (χ0) is 21.4. The van der Waals surface area contributed by atoms with Crippen molar-refractivity contribution in [3.8, 4) is 17.2 Å². The summed E-state index contributed by atoms with van der Waals surface area (Å²) in [6.07, 6.45) is 1.06. The van der Waals surface area contributed by atoms with Gasteiger partial charge in [-0.05, 0) is 30.3 Å². The molecule has 0 aliphatic carbocycles. The van der Waals surface area contributed by atoms with Gasteiger partial charge < -0.3 is 14.2 Å². The van der Waals surface area contributed by atoms with Crippen molar-refractivity contribution in [1.29, 1.82) is 0 Å². The highest BCUT2D eigenvalue weighted by Gasteiger charge is 2.25. The lowest BCUT2D eigenvalue weighted by Crippen LogP contribution is -2.24. The lowest BCUT2D eigenvalue weighted by Gasteiger charge is -2.09. The number of rotatable bonds is 8. The fraction of sp³-hybridized carbons (Fsp3) is 0.167. The van der Waals surface area contributed by atoms with Gasteiger partial charge in [0.1, 0.15) is 5.75 Å². The fourth-order valence-electron chi connectivity index (χ4n) is 2.20. The number of nitro groups is 1. The Morgan fingerprint density at radius 1 is 1.31 bits per heavy atom. The third kappa shape index (κ3) is 6.18. The maximum absolute atomic E-state index is 11.8. The van der Waals surface area contributed by atoms with E-state index in [9.17, 15) is 19.7 Å². The van der Waals surface area contributed by atoms with Gasteiger partial charge in [0.05, 0.1) is 23.8 Å². The van der Waals surface area contributed by atoms with Crippen LogP contribution >= 0.6 is 11.6 Å². The number of hydrazone groups is 1. The zero-order valence-electron chi connectivity index (χ0n) is 15.4. The minimum atomic E-state index is -0.711. The van der Waals surface area contributed by atoms with E-state index >= 15 is 0 Å². The highest BCUT2D eigenvalue weighted by atomic mass is 35.5. The second-order valence-electron chi connectivity index (χ2n) is 5.42. The Hall–Kier alpha value is -3.66. The number of benzene rings is 2. The number of hydrogen-bond acceptors (Lipinski definition) is 8. The van der Waals surface area contributed by atoms with E-state index in [1.165, 1.54) is 19.2 Å². The predicted octanol–water partition coefficient (Wildman–Crippen LogP) is 2.71. The average molecular weight is 422 g/mol. The van der Waals surface area contributed by atoms with E-state index in [4.69, 9.17) is 25.8 Å². The third-order valence-corrected chi connectivity index (χ3v) is 3.56. The number of carbonyl (C=O) groups excluding carboxylic acids is 2. The summed E-state index contributed by atoms with van der Waals surface area (Å²) >= 11 is 5.82. The van der Waals surface area contributed by atoms with Crippen molar-refractivity contribution in [3.63, 3.8) is 0 Å². The first-order valence-electron chi connectivity index (χ1n) is 8.06. The molecule has 0 heterocycles. The number of halogens is 1. The van der Waals surface area contributed by atoms with Gasteiger partial charge in [-0.25, -0.2) is 5.43 Å². The van der Waals surface area contributed by atoms with Crippen molar-refractivity contribution in [3.05, 3.63) is 57.1 Å². The van der Waals surface area contributed by atoms with Crippen molar-refractivity contribution >= 4 is 35.4 Å². The number of nitro benzene ring substituents is 1. The Labute approximate surface area is 170 Å². The molecule has 2 aromatic carbocycles. The average Bonchev–Trinajstić information content (AvgIpc) is 2.66. The largest absolute Gasteiger partial charge is 0.488 e. The topological polar surface area (TPSA) is 129 Å². The van der Waals surface area contributed by atoms with E-state index in [-0.39, 0.29) is 23.7 Å². The number of nitrogens with one attached hydrogen (secondary N) is 1. The number of hydrogen-bond donors (Lipinski definition) is 1. The van der Waals surface area contributed by atoms with Crippen LogP contribution in [0, 0.1) is 10.1 Å². The summed E-state index contributed by atoms with van der Waals surface area (Å²) in [4.78, 5) is 33.7. The smallest absolute Gasteiger partial charge is 0.323 e. The van der Waals surface area contributed by atoms with Gasteiger partial charge in [0.15, 0.2) is 12.4 Å². The third-order valence-electron chi connectivity index (χ3n) is 3.33. The minimum Gasteiger partial charge on any atom is -0.488 e. The Morgan fingerprint density at radius 3 is 2.69 bits per heavy atom. The van der Waals surface area contributed by atoms with Crippen LogP contribution in [0.4, 0.5) is 5.69 Å². The molecule has 0 spiro atoms. The number of ether oxygens (including phenoxy) is 3. The Bertz CT molecular complexity index is 962. The Balaban J connectivity index is 2.09. The molecule has 1 amide bonds. The van der Waals surface area contributed by atoms with Crippen molar-refractivity contribution < 1.29 is 28.7 Å². The number of esters is 1. The highest BCUT2D eigenvalue weighted by Crippen LogP contribution is 2.39. The molecule has 10 nitrogen and oxygen atoms in total. The summed E-state index contributed by atoms with van der Waals surface area (Å²) in [7, 11) is 1.20. The van der Waals surface area contributed by atoms with Crippen LogP contribution in [-0.4, -0.2) is 36.7 Å². The van der Waals surface area contributed by atoms with Gasteiger partial charge in [0.25, 0.3) is 5.91 Å². The molecule has 1 N–H and O–H groups in total. The summed E-state index contributed by atoms with van der Waals surface area (Å²) in [6, 6.07) is 9.11. The first-order chi connectivity index (χ1) is 13.8. The molecule has 0 atom stereocenters. The van der Waals surface area contributed by atoms with Gasteiger partial charge in [0, 0.05) is 11.9 Å². The molecule has 0 radical (unpaired) electrons. The Morgan fingerprint density at radius 2 is 2.07 bits per heavy atom. The number of amides is 1. The van der Waals surface area contributed by atoms with Crippen molar-refractivity contribution in [2.75, 3.05) is 13.7 Å². The second-order valence-corrected chi connectivity index (χ2v) is 5.86. The lowest BCUT2D eigenvalue weighted by molar-refractivity contribution is -0.385. The molecular formula is C18H16ClN3O7. The quantitative estimate of drug-likeness (QED) is 0.228. The van der Waals surface area contributed by atoms with Crippen molar-refractivity contribution in [1.82, 2.24) is 5.43 Å². The highest BCUT2D eigenvalue weighted by molar-refractivity contribution is 6.30. The van der Waals surface area contributed by atoms with Gasteiger partial charge in [0.2, 0.25) is 5.75 Å². The van der Waals surface area contributed by atoms with Crippen LogP contribution in [0.15, 0.2) is 41.5 Å². The number of methoxy groups -OCH3 is 1. The first-order valence-corrected chi connectivity index (χ1v) is 8.43. The van der Waals surface area contributed by atoms with Crippen LogP contribution in [0.3, 0.4) is 0 Å². The van der Waals surface area contributed by atoms with Gasteiger partial charge in [-0.1, -0.05) is 17.7 Å². The molecule has 0 aliphatic rings. The molecule has 2 rings (SSSR count). The SMILES string of the molecule is COc1c(OC(C)=O)ccc(/C=N/NC(=O)COc2cccc(Cl)c2)c1[N+](=O)[O-]. The molecule has 0 unspecified atom stereocenters. The maximum atomic E-state index is 11.8. The van der Waals surface area contributed by atoms with E-state index in [1.807, 2.05) is 0 Å². The van der Waals surface area contributed by atoms with Crippen LogP contribution in [0.2, 0.25) is 5.02 Å². The second kappa shape index (κ2) is 10.0. The molecule has 29 heavy (non-hydrogen) atoms. The van der Waals surface area contributed by atoms with Crippen LogP contribution in [-0.2, 0) is 9.59 Å². The molecule has 0 fully saturated rings. The summed E-state index contributed by atoms with van der Waals surface area (Å²) in [5.41, 5.74) is 1.74. The normalized spacial score (nSPS) is 10.4. The molecule has 0 aliphatic heterocycles. The fourth-order valence-corrected chi connectivity index (χ4v) is 2.38. The van der Waals surface area contributed by atoms with Crippen molar-refractivity contribution in [2.45, 2.75) is 6.92 Å². The molecule has 0 saturated carbocycles. The van der Waals surface area contributed by atoms with E-state index in [2.05, 4.69) is 10.5 Å². The minimum absolute atomic E-state index is 0.0267. The van der Waals surface area contributed by atoms with Gasteiger partial charge in [-0.3, -0.25) is 19.7 Å². The molecule has 0 saturated heterocycles. The van der Waals surface area contributed by atoms with E-state index in [0.29, 0.717) is 10.8 Å².